The van der Waals surface area contributed by atoms with Gasteiger partial charge in [0.1, 0.15) is 5.82 Å². The van der Waals surface area contributed by atoms with Crippen LogP contribution in [0.1, 0.15) is 18.9 Å². The van der Waals surface area contributed by atoms with E-state index < -0.39 is 0 Å². The first-order valence-electron chi connectivity index (χ1n) is 6.29. The van der Waals surface area contributed by atoms with E-state index >= 15 is 0 Å². The maximum Gasteiger partial charge on any atom is 0.241 e. The van der Waals surface area contributed by atoms with Crippen LogP contribution >= 0.6 is 11.6 Å². The predicted octanol–water partition coefficient (Wildman–Crippen LogP) is 1.50. The molecule has 1 heterocycles. The van der Waals surface area contributed by atoms with Gasteiger partial charge in [0.05, 0.1) is 11.6 Å². The molecule has 5 nitrogen and oxygen atoms in total. The van der Waals surface area contributed by atoms with E-state index in [9.17, 15) is 4.79 Å². The lowest BCUT2D eigenvalue weighted by Crippen LogP contribution is -2.37. The zero-order chi connectivity index (χ0) is 14.4. The van der Waals surface area contributed by atoms with Gasteiger partial charge in [-0.2, -0.15) is 0 Å². The highest BCUT2D eigenvalue weighted by atomic mass is 35.5. The Labute approximate surface area is 119 Å². The second-order valence-corrected chi connectivity index (χ2v) is 4.90. The molecular formula is C13H21ClN4O. The molecule has 0 radical (unpaired) electrons. The maximum atomic E-state index is 11.9. The molecule has 0 bridgehead atoms. The number of nitrogens with two attached hydrogens (primary N) is 1. The van der Waals surface area contributed by atoms with Crippen molar-refractivity contribution in [3.63, 3.8) is 0 Å². The highest BCUT2D eigenvalue weighted by Gasteiger charge is 2.17. The Balaban J connectivity index is 3.02. The first-order chi connectivity index (χ1) is 9.01. The van der Waals surface area contributed by atoms with E-state index in [4.69, 9.17) is 17.3 Å². The van der Waals surface area contributed by atoms with Crippen molar-refractivity contribution in [2.45, 2.75) is 19.9 Å². The van der Waals surface area contributed by atoms with Crippen LogP contribution in [-0.2, 0) is 11.3 Å². The quantitative estimate of drug-likeness (QED) is 0.860. The molecule has 0 aromatic carbocycles. The fourth-order valence-corrected chi connectivity index (χ4v) is 1.99. The molecular weight excluding hydrogens is 264 g/mol. The molecule has 0 aliphatic carbocycles. The van der Waals surface area contributed by atoms with Crippen molar-refractivity contribution in [2.24, 2.45) is 5.73 Å². The Bertz CT molecular complexity index is 437. The van der Waals surface area contributed by atoms with Gasteiger partial charge in [-0.15, -0.1) is 0 Å². The average Bonchev–Trinajstić information content (AvgIpc) is 2.38. The number of rotatable bonds is 6. The largest absolute Gasteiger partial charge is 0.347 e. The standard InChI is InChI=1S/C13H21ClN4O/c1-4-7-18(9-11(19)17(2)3)13-12(14)10(8-15)5-6-16-13/h5-6H,4,7-9,15H2,1-3H3. The molecule has 1 aromatic rings. The van der Waals surface area contributed by atoms with Gasteiger partial charge in [-0.25, -0.2) is 4.98 Å². The summed E-state index contributed by atoms with van der Waals surface area (Å²) in [6.45, 7) is 3.39. The molecule has 0 spiro atoms. The number of hydrogen-bond donors (Lipinski definition) is 1. The first kappa shape index (κ1) is 15.7. The fourth-order valence-electron chi connectivity index (χ4n) is 1.68. The van der Waals surface area contributed by atoms with Crippen LogP contribution in [0, 0.1) is 0 Å². The molecule has 19 heavy (non-hydrogen) atoms. The van der Waals surface area contributed by atoms with Crippen LogP contribution in [0.15, 0.2) is 12.3 Å². The molecule has 0 unspecified atom stereocenters. The first-order valence-corrected chi connectivity index (χ1v) is 6.67. The number of carbonyl (C=O) groups excluding carboxylic acids is 1. The van der Waals surface area contributed by atoms with Crippen LogP contribution in [0.4, 0.5) is 5.82 Å². The molecule has 0 saturated heterocycles. The van der Waals surface area contributed by atoms with Crippen molar-refractivity contribution in [3.8, 4) is 0 Å². The smallest absolute Gasteiger partial charge is 0.241 e. The topological polar surface area (TPSA) is 62.5 Å². The summed E-state index contributed by atoms with van der Waals surface area (Å²) in [5.74, 6) is 0.645. The number of anilines is 1. The number of nitrogens with zero attached hydrogens (tertiary/aromatic N) is 3. The highest BCUT2D eigenvalue weighted by Crippen LogP contribution is 2.26. The van der Waals surface area contributed by atoms with E-state index in [-0.39, 0.29) is 12.5 Å². The normalized spacial score (nSPS) is 10.4. The Morgan fingerprint density at radius 2 is 2.16 bits per heavy atom. The lowest BCUT2D eigenvalue weighted by atomic mass is 10.2. The Kier molecular flexibility index (Phi) is 6.05. The summed E-state index contributed by atoms with van der Waals surface area (Å²) < 4.78 is 0. The second-order valence-electron chi connectivity index (χ2n) is 4.52. The molecule has 2 N–H and O–H groups in total. The van der Waals surface area contributed by atoms with Crippen molar-refractivity contribution in [2.75, 3.05) is 32.1 Å². The molecule has 1 rings (SSSR count). The van der Waals surface area contributed by atoms with Crippen LogP contribution in [0.3, 0.4) is 0 Å². The molecule has 106 valence electrons. The van der Waals surface area contributed by atoms with E-state index in [1.807, 2.05) is 11.8 Å². The monoisotopic (exact) mass is 284 g/mol. The van der Waals surface area contributed by atoms with Crippen molar-refractivity contribution in [3.05, 3.63) is 22.8 Å². The van der Waals surface area contributed by atoms with Gasteiger partial charge in [0, 0.05) is 33.4 Å². The number of hydrogen-bond acceptors (Lipinski definition) is 4. The van der Waals surface area contributed by atoms with E-state index in [1.165, 1.54) is 0 Å². The highest BCUT2D eigenvalue weighted by molar-refractivity contribution is 6.33. The molecule has 0 saturated carbocycles. The van der Waals surface area contributed by atoms with Crippen LogP contribution in [0.25, 0.3) is 0 Å². The van der Waals surface area contributed by atoms with Crippen molar-refractivity contribution in [1.82, 2.24) is 9.88 Å². The molecule has 0 aliphatic heterocycles. The van der Waals surface area contributed by atoms with Gasteiger partial charge >= 0.3 is 0 Å². The zero-order valence-electron chi connectivity index (χ0n) is 11.7. The number of amides is 1. The lowest BCUT2D eigenvalue weighted by molar-refractivity contribution is -0.127. The van der Waals surface area contributed by atoms with Gasteiger partial charge in [0.15, 0.2) is 0 Å². The second kappa shape index (κ2) is 7.31. The third kappa shape index (κ3) is 4.08. The SMILES string of the molecule is CCCN(CC(=O)N(C)C)c1nccc(CN)c1Cl. The summed E-state index contributed by atoms with van der Waals surface area (Å²) >= 11 is 6.29. The van der Waals surface area contributed by atoms with Crippen molar-refractivity contribution in [1.29, 1.82) is 0 Å². The van der Waals surface area contributed by atoms with E-state index in [1.54, 1.807) is 31.3 Å². The molecule has 1 aromatic heterocycles. The van der Waals surface area contributed by atoms with Gasteiger partial charge in [-0.1, -0.05) is 18.5 Å². The summed E-state index contributed by atoms with van der Waals surface area (Å²) in [5, 5.41) is 0.532. The molecule has 0 aliphatic rings. The molecule has 0 fully saturated rings. The summed E-state index contributed by atoms with van der Waals surface area (Å²) in [4.78, 5) is 19.6. The Hall–Kier alpha value is -1.33. The van der Waals surface area contributed by atoms with Crippen LogP contribution < -0.4 is 10.6 Å². The third-order valence-corrected chi connectivity index (χ3v) is 3.20. The molecule has 1 amide bonds. The number of pyridine rings is 1. The summed E-state index contributed by atoms with van der Waals surface area (Å²) in [6.07, 6.45) is 2.58. The average molecular weight is 285 g/mol. The van der Waals surface area contributed by atoms with Gasteiger partial charge in [0.2, 0.25) is 5.91 Å². The summed E-state index contributed by atoms with van der Waals surface area (Å²) in [7, 11) is 3.47. The van der Waals surface area contributed by atoms with Gasteiger partial charge in [-0.05, 0) is 18.1 Å². The zero-order valence-corrected chi connectivity index (χ0v) is 12.4. The fraction of sp³-hybridized carbons (Fsp3) is 0.538. The number of aromatic nitrogens is 1. The van der Waals surface area contributed by atoms with Gasteiger partial charge in [-0.3, -0.25) is 4.79 Å². The summed E-state index contributed by atoms with van der Waals surface area (Å²) in [5.41, 5.74) is 6.48. The van der Waals surface area contributed by atoms with Gasteiger partial charge < -0.3 is 15.5 Å². The minimum absolute atomic E-state index is 0.0180. The minimum Gasteiger partial charge on any atom is -0.347 e. The Morgan fingerprint density at radius 1 is 1.47 bits per heavy atom. The molecule has 0 atom stereocenters. The summed E-state index contributed by atoms with van der Waals surface area (Å²) in [6, 6.07) is 1.80. The maximum absolute atomic E-state index is 11.9. The van der Waals surface area contributed by atoms with Crippen molar-refractivity contribution >= 4 is 23.3 Å². The van der Waals surface area contributed by atoms with E-state index in [0.717, 1.165) is 18.5 Å². The lowest BCUT2D eigenvalue weighted by Gasteiger charge is -2.25. The predicted molar refractivity (Wildman–Crippen MR) is 78.3 cm³/mol. The minimum atomic E-state index is 0.0180. The van der Waals surface area contributed by atoms with Crippen LogP contribution in [0.2, 0.25) is 5.02 Å². The van der Waals surface area contributed by atoms with E-state index in [2.05, 4.69) is 4.98 Å². The van der Waals surface area contributed by atoms with Crippen LogP contribution in [0.5, 0.6) is 0 Å². The van der Waals surface area contributed by atoms with E-state index in [0.29, 0.717) is 17.4 Å². The number of carbonyl (C=O) groups is 1. The molecule has 6 heteroatoms. The number of likely N-dealkylation sites (N-methyl/N-ethyl adjacent to an activating group) is 1. The van der Waals surface area contributed by atoms with Crippen LogP contribution in [-0.4, -0.2) is 43.0 Å². The third-order valence-electron chi connectivity index (χ3n) is 2.79. The van der Waals surface area contributed by atoms with Crippen molar-refractivity contribution < 1.29 is 4.79 Å². The van der Waals surface area contributed by atoms with Gasteiger partial charge in [0.25, 0.3) is 0 Å². The number of halogens is 1. The Morgan fingerprint density at radius 3 is 2.68 bits per heavy atom.